The number of hydrogen-bond donors (Lipinski definition) is 4. The molecule has 4 N–H and O–H groups in total. The summed E-state index contributed by atoms with van der Waals surface area (Å²) in [6, 6.07) is -1.19. The normalized spacial score (nSPS) is 29.7. The van der Waals surface area contributed by atoms with Gasteiger partial charge in [-0.15, -0.1) is 0 Å². The van der Waals surface area contributed by atoms with Gasteiger partial charge in [-0.25, -0.2) is 18.5 Å². The molecule has 91 heavy (non-hydrogen) atoms. The highest BCUT2D eigenvalue weighted by molar-refractivity contribution is 7.84. The monoisotopic (exact) mass is 1340 g/mol. The minimum absolute atomic E-state index is 0.0251. The molecule has 10 rings (SSSR count). The van der Waals surface area contributed by atoms with E-state index >= 15 is 0 Å². The molecule has 8 atom stereocenters. The summed E-state index contributed by atoms with van der Waals surface area (Å²) < 4.78 is 181. The summed E-state index contributed by atoms with van der Waals surface area (Å²) in [5.41, 5.74) is -3.01. The van der Waals surface area contributed by atoms with Crippen molar-refractivity contribution in [2.75, 3.05) is 13.1 Å². The van der Waals surface area contributed by atoms with Crippen LogP contribution in [-0.2, 0) is 30.0 Å². The molecule has 10 aliphatic rings. The molecule has 24 heteroatoms. The van der Waals surface area contributed by atoms with Gasteiger partial charge in [-0.1, -0.05) is 83.1 Å². The van der Waals surface area contributed by atoms with Crippen LogP contribution in [0.25, 0.3) is 0 Å². The molecule has 5 spiro atoms. The molecule has 9 aliphatic carbocycles. The van der Waals surface area contributed by atoms with Crippen LogP contribution in [0.4, 0.5) is 62.3 Å². The molecule has 0 radical (unpaired) electrons. The van der Waals surface area contributed by atoms with E-state index in [0.29, 0.717) is 44.6 Å². The third-order valence-corrected chi connectivity index (χ3v) is 23.3. The van der Waals surface area contributed by atoms with Crippen LogP contribution in [-0.4, -0.2) is 99.8 Å². The van der Waals surface area contributed by atoms with Gasteiger partial charge >= 0.3 is 36.9 Å². The van der Waals surface area contributed by atoms with Crippen LogP contribution < -0.4 is 20.7 Å². The maximum absolute atomic E-state index is 13.1. The van der Waals surface area contributed by atoms with Gasteiger partial charge in [0.15, 0.2) is 5.78 Å². The molecule has 2 unspecified atom stereocenters. The van der Waals surface area contributed by atoms with E-state index in [1.54, 1.807) is 47.6 Å². The second kappa shape index (κ2) is 30.1. The lowest BCUT2D eigenvalue weighted by Crippen LogP contribution is -2.50. The Balaban J connectivity index is 0.000000184. The predicted octanol–water partition coefficient (Wildman–Crippen LogP) is 18.3. The van der Waals surface area contributed by atoms with Crippen molar-refractivity contribution in [3.63, 3.8) is 0 Å². The van der Waals surface area contributed by atoms with Gasteiger partial charge in [0.1, 0.15) is 17.0 Å². The third kappa shape index (κ3) is 21.2. The highest BCUT2D eigenvalue weighted by atomic mass is 32.2. The third-order valence-electron chi connectivity index (χ3n) is 21.7. The number of Topliss-reactive ketones (excluding diaryl/α,β-unsaturated/α-hetero) is 1. The van der Waals surface area contributed by atoms with Crippen LogP contribution in [0.15, 0.2) is 12.2 Å². The van der Waals surface area contributed by atoms with Crippen molar-refractivity contribution in [2.24, 2.45) is 50.7 Å². The van der Waals surface area contributed by atoms with E-state index in [2.05, 4.69) is 20.7 Å². The zero-order chi connectivity index (χ0) is 67.9. The van der Waals surface area contributed by atoms with E-state index in [4.69, 9.17) is 9.47 Å². The van der Waals surface area contributed by atoms with E-state index < -0.39 is 116 Å². The molecule has 2 amide bonds. The number of ketones is 2. The molecule has 0 aromatic carbocycles. The van der Waals surface area contributed by atoms with Gasteiger partial charge in [-0.05, 0) is 213 Å². The van der Waals surface area contributed by atoms with E-state index in [1.807, 2.05) is 26.8 Å². The Bertz CT molecular complexity index is 2370. The molecule has 0 aromatic heterocycles. The zero-order valence-corrected chi connectivity index (χ0v) is 56.1. The first kappa shape index (κ1) is 76.9. The van der Waals surface area contributed by atoms with Crippen molar-refractivity contribution in [1.82, 2.24) is 20.7 Å². The van der Waals surface area contributed by atoms with Crippen LogP contribution >= 0.6 is 0 Å². The first-order valence-electron chi connectivity index (χ1n) is 33.7. The highest BCUT2D eigenvalue weighted by Gasteiger charge is 2.60. The lowest BCUT2D eigenvalue weighted by molar-refractivity contribution is -0.175. The number of nitrogens with one attached hydrogen (secondary N) is 4. The van der Waals surface area contributed by atoms with E-state index in [1.165, 1.54) is 19.3 Å². The second-order valence-corrected chi connectivity index (χ2v) is 33.7. The lowest BCUT2D eigenvalue weighted by Gasteiger charge is -2.40. The van der Waals surface area contributed by atoms with Gasteiger partial charge in [0.2, 0.25) is 0 Å². The number of hydrogen-bond acceptors (Lipinski definition) is 8. The molecule has 9 fully saturated rings. The number of halogens is 12. The van der Waals surface area contributed by atoms with Crippen LogP contribution in [0.3, 0.4) is 0 Å². The number of allylic oxidation sites excluding steroid dienone is 2. The molecular formula is C67H106F12N4O7S. The maximum Gasteiger partial charge on any atom is 0.407 e. The summed E-state index contributed by atoms with van der Waals surface area (Å²) >= 11 is 0. The SMILES string of the molecule is CC(C)(C)OC(=O)N[C@@H]1C[C@H](C(F)(F)F)CC12CCCCC2.CC(C)(C)OC(=O)N[C@@H]1C[C@H](C(F)(F)F)CC12CCNCC2.CC(C)(C)[S@@](=O)N[C@@H]1CC(C(F)(F)F)CC12CCCCC2.O=C1C=CCC12CCCCC2.O=C1CC(C(F)(F)F)CC12CCCCC2. The number of ether oxygens (including phenoxy) is 2. The minimum atomic E-state index is -4.21. The topological polar surface area (TPSA) is 152 Å². The number of piperidine rings is 1. The highest BCUT2D eigenvalue weighted by Crippen LogP contribution is 2.58. The minimum Gasteiger partial charge on any atom is -0.444 e. The van der Waals surface area contributed by atoms with Gasteiger partial charge in [0, 0.05) is 35.4 Å². The van der Waals surface area contributed by atoms with E-state index in [9.17, 15) is 76.1 Å². The quantitative estimate of drug-likeness (QED) is 0.203. The molecule has 0 aromatic rings. The average molecular weight is 1340 g/mol. The molecular weight excluding hydrogens is 1230 g/mol. The number of carbonyl (C=O) groups is 4. The van der Waals surface area contributed by atoms with Crippen molar-refractivity contribution >= 4 is 34.7 Å². The van der Waals surface area contributed by atoms with Crippen LogP contribution in [0.1, 0.15) is 261 Å². The molecule has 1 heterocycles. The fraction of sp³-hybridized carbons (Fsp3) is 0.910. The number of carbonyl (C=O) groups excluding carboxylic acids is 4. The Morgan fingerprint density at radius 1 is 0.473 bits per heavy atom. The molecule has 526 valence electrons. The Morgan fingerprint density at radius 2 is 0.813 bits per heavy atom. The largest absolute Gasteiger partial charge is 0.444 e. The van der Waals surface area contributed by atoms with Crippen LogP contribution in [0.5, 0.6) is 0 Å². The Morgan fingerprint density at radius 3 is 1.14 bits per heavy atom. The van der Waals surface area contributed by atoms with Crippen molar-refractivity contribution in [3.8, 4) is 0 Å². The summed E-state index contributed by atoms with van der Waals surface area (Å²) in [7, 11) is -1.31. The fourth-order valence-electron chi connectivity index (χ4n) is 16.8. The van der Waals surface area contributed by atoms with Crippen LogP contribution in [0.2, 0.25) is 0 Å². The summed E-state index contributed by atoms with van der Waals surface area (Å²) in [4.78, 5) is 47.1. The van der Waals surface area contributed by atoms with E-state index in [-0.39, 0.29) is 74.0 Å². The van der Waals surface area contributed by atoms with Crippen LogP contribution in [0, 0.1) is 50.7 Å². The van der Waals surface area contributed by atoms with Gasteiger partial charge in [0.05, 0.1) is 39.4 Å². The summed E-state index contributed by atoms with van der Waals surface area (Å²) in [6.07, 6.45) is 8.02. The Hall–Kier alpha value is -3.15. The standard InChI is InChI=1S/C16H26F3NO2.C15H25F3N2O2.C15H26F3NOS.C11H15F3O.C10H14O/c1-14(2,3)22-13(21)20-12-9-11(16(17,18)19)10-15(12)7-5-4-6-8-15;1-13(2,3)22-12(21)20-11-8-10(15(16,17)18)9-14(11)4-6-19-7-5-14;1-13(2,3)21(20)19-12-9-11(15(16,17)18)10-14(12)7-5-4-6-8-14;12-11(13,14)8-6-9(15)10(7-8)4-2-1-3-5-10;11-9-5-4-8-10(9)6-2-1-3-7-10/h11-12H,4-10H2,1-3H3,(H,20,21);10-11,19H,4-9H2,1-3H3,(H,20,21);11-12,19H,4-10H2,1-3H3;8H,1-7H2;4-5H,1-3,6-8H2/t11-,12+;10-,11+;11?,12-,21-;;/m001../s1. The molecule has 1 saturated heterocycles. The van der Waals surface area contributed by atoms with Gasteiger partial charge < -0.3 is 25.4 Å². The van der Waals surface area contributed by atoms with Gasteiger partial charge in [-0.3, -0.25) is 9.59 Å². The number of alkyl halides is 12. The van der Waals surface area contributed by atoms with Crippen molar-refractivity contribution in [3.05, 3.63) is 12.2 Å². The van der Waals surface area contributed by atoms with Crippen molar-refractivity contribution in [2.45, 2.75) is 320 Å². The predicted molar refractivity (Wildman–Crippen MR) is 327 cm³/mol. The number of alkyl carbamates (subject to hydrolysis) is 2. The molecule has 8 saturated carbocycles. The second-order valence-electron chi connectivity index (χ2n) is 31.7. The summed E-state index contributed by atoms with van der Waals surface area (Å²) in [6.45, 7) is 17.4. The van der Waals surface area contributed by atoms with Gasteiger partial charge in [0.25, 0.3) is 0 Å². The summed E-state index contributed by atoms with van der Waals surface area (Å²) in [5, 5.41) is 8.62. The Labute approximate surface area is 535 Å². The number of amides is 2. The first-order chi connectivity index (χ1) is 41.9. The summed E-state index contributed by atoms with van der Waals surface area (Å²) in [5.74, 6) is -5.01. The molecule has 0 bridgehead atoms. The molecule has 1 aliphatic heterocycles. The van der Waals surface area contributed by atoms with Crippen molar-refractivity contribution < 1.29 is 85.5 Å². The first-order valence-corrected chi connectivity index (χ1v) is 34.9. The fourth-order valence-corrected chi connectivity index (χ4v) is 17.7. The smallest absolute Gasteiger partial charge is 0.407 e. The van der Waals surface area contributed by atoms with Crippen molar-refractivity contribution in [1.29, 1.82) is 0 Å². The maximum atomic E-state index is 13.1. The molecule has 11 nitrogen and oxygen atoms in total. The Kier molecular flexibility index (Phi) is 25.4. The lowest BCUT2D eigenvalue weighted by atomic mass is 9.70. The van der Waals surface area contributed by atoms with Gasteiger partial charge in [-0.2, -0.15) is 52.7 Å². The number of rotatable bonds is 4. The van der Waals surface area contributed by atoms with E-state index in [0.717, 1.165) is 103 Å². The zero-order valence-electron chi connectivity index (χ0n) is 55.3. The average Bonchev–Trinajstić information content (AvgIpc) is 1.66.